The lowest BCUT2D eigenvalue weighted by Gasteiger charge is -2.23. The van der Waals surface area contributed by atoms with E-state index in [4.69, 9.17) is 0 Å². The summed E-state index contributed by atoms with van der Waals surface area (Å²) in [4.78, 5) is 11.8. The molecular weight excluding hydrogens is 299 g/mol. The molecule has 0 aromatic heterocycles. The van der Waals surface area contributed by atoms with Gasteiger partial charge in [-0.3, -0.25) is 4.79 Å². The van der Waals surface area contributed by atoms with Crippen molar-refractivity contribution in [2.75, 3.05) is 13.1 Å². The summed E-state index contributed by atoms with van der Waals surface area (Å²) >= 11 is 3.12. The van der Waals surface area contributed by atoms with Gasteiger partial charge in [0.1, 0.15) is 5.82 Å². The quantitative estimate of drug-likeness (QED) is 0.896. The van der Waals surface area contributed by atoms with Crippen LogP contribution < -0.4 is 10.6 Å². The average molecular weight is 315 g/mol. The molecule has 18 heavy (non-hydrogen) atoms. The highest BCUT2D eigenvalue weighted by atomic mass is 79.9. The minimum atomic E-state index is -0.310. The second-order valence-electron chi connectivity index (χ2n) is 4.54. The molecule has 5 heteroatoms. The second kappa shape index (κ2) is 6.29. The standard InChI is InChI=1S/C13H16BrFN2O/c14-11-6-9(3-4-12(11)15)7-13(18)17-10-2-1-5-16-8-10/h3-4,6,10,16H,1-2,5,7-8H2,(H,17,18)/t10-/m0/s1. The number of halogens is 2. The van der Waals surface area contributed by atoms with E-state index in [0.29, 0.717) is 4.47 Å². The van der Waals surface area contributed by atoms with Crippen molar-refractivity contribution in [3.63, 3.8) is 0 Å². The minimum absolute atomic E-state index is 0.0118. The van der Waals surface area contributed by atoms with Crippen LogP contribution in [0.3, 0.4) is 0 Å². The summed E-state index contributed by atoms with van der Waals surface area (Å²) in [6.07, 6.45) is 2.40. The Labute approximate surface area is 114 Å². The predicted molar refractivity (Wildman–Crippen MR) is 71.8 cm³/mol. The molecule has 2 N–H and O–H groups in total. The fraction of sp³-hybridized carbons (Fsp3) is 0.462. The first-order valence-electron chi connectivity index (χ1n) is 6.09. The van der Waals surface area contributed by atoms with Gasteiger partial charge in [0.05, 0.1) is 10.9 Å². The molecule has 1 aromatic rings. The van der Waals surface area contributed by atoms with Crippen LogP contribution in [0.5, 0.6) is 0 Å². The molecule has 1 aliphatic heterocycles. The smallest absolute Gasteiger partial charge is 0.224 e. The van der Waals surface area contributed by atoms with Crippen molar-refractivity contribution in [1.29, 1.82) is 0 Å². The molecule has 2 rings (SSSR count). The van der Waals surface area contributed by atoms with Crippen molar-refractivity contribution in [3.8, 4) is 0 Å². The summed E-state index contributed by atoms with van der Waals surface area (Å²) in [5, 5.41) is 6.24. The molecule has 1 fully saturated rings. The third kappa shape index (κ3) is 3.78. The molecule has 0 aliphatic carbocycles. The van der Waals surface area contributed by atoms with Crippen molar-refractivity contribution in [1.82, 2.24) is 10.6 Å². The molecule has 1 aliphatic rings. The van der Waals surface area contributed by atoms with Crippen LogP contribution in [0.2, 0.25) is 0 Å². The maximum Gasteiger partial charge on any atom is 0.224 e. The Hall–Kier alpha value is -0.940. The van der Waals surface area contributed by atoms with Crippen LogP contribution in [0.15, 0.2) is 22.7 Å². The fourth-order valence-electron chi connectivity index (χ4n) is 2.09. The van der Waals surface area contributed by atoms with Crippen LogP contribution >= 0.6 is 15.9 Å². The molecule has 0 radical (unpaired) electrons. The lowest BCUT2D eigenvalue weighted by atomic mass is 10.1. The van der Waals surface area contributed by atoms with E-state index in [1.807, 2.05) is 0 Å². The fourth-order valence-corrected chi connectivity index (χ4v) is 2.51. The average Bonchev–Trinajstić information content (AvgIpc) is 2.35. The lowest BCUT2D eigenvalue weighted by Crippen LogP contribution is -2.46. The van der Waals surface area contributed by atoms with E-state index in [1.165, 1.54) is 6.07 Å². The number of hydrogen-bond acceptors (Lipinski definition) is 2. The van der Waals surface area contributed by atoms with Crippen molar-refractivity contribution < 1.29 is 9.18 Å². The van der Waals surface area contributed by atoms with Gasteiger partial charge in [-0.25, -0.2) is 4.39 Å². The van der Waals surface area contributed by atoms with Gasteiger partial charge in [0.2, 0.25) is 5.91 Å². The molecule has 1 amide bonds. The Morgan fingerprint density at radius 3 is 3.06 bits per heavy atom. The Morgan fingerprint density at radius 2 is 2.39 bits per heavy atom. The zero-order valence-electron chi connectivity index (χ0n) is 10.0. The number of amides is 1. The summed E-state index contributed by atoms with van der Waals surface area (Å²) in [7, 11) is 0. The van der Waals surface area contributed by atoms with Gasteiger partial charge in [-0.1, -0.05) is 6.07 Å². The van der Waals surface area contributed by atoms with Crippen LogP contribution in [-0.4, -0.2) is 25.0 Å². The topological polar surface area (TPSA) is 41.1 Å². The number of carbonyl (C=O) groups excluding carboxylic acids is 1. The zero-order valence-corrected chi connectivity index (χ0v) is 11.6. The van der Waals surface area contributed by atoms with Gasteiger partial charge >= 0.3 is 0 Å². The first kappa shape index (κ1) is 13.5. The van der Waals surface area contributed by atoms with Crippen molar-refractivity contribution in [2.45, 2.75) is 25.3 Å². The Morgan fingerprint density at radius 1 is 1.56 bits per heavy atom. The van der Waals surface area contributed by atoms with Crippen LogP contribution in [0.25, 0.3) is 0 Å². The second-order valence-corrected chi connectivity index (χ2v) is 5.39. The highest BCUT2D eigenvalue weighted by Gasteiger charge is 2.15. The largest absolute Gasteiger partial charge is 0.352 e. The van der Waals surface area contributed by atoms with Gasteiger partial charge in [0, 0.05) is 12.6 Å². The summed E-state index contributed by atoms with van der Waals surface area (Å²) in [5.41, 5.74) is 0.810. The first-order valence-corrected chi connectivity index (χ1v) is 6.88. The number of nitrogens with one attached hydrogen (secondary N) is 2. The van der Waals surface area contributed by atoms with Crippen molar-refractivity contribution in [3.05, 3.63) is 34.1 Å². The van der Waals surface area contributed by atoms with E-state index in [1.54, 1.807) is 12.1 Å². The molecule has 1 aromatic carbocycles. The normalized spacial score (nSPS) is 19.6. The van der Waals surface area contributed by atoms with E-state index in [0.717, 1.165) is 31.5 Å². The molecule has 0 bridgehead atoms. The summed E-state index contributed by atoms with van der Waals surface area (Å²) in [6.45, 7) is 1.86. The number of carbonyl (C=O) groups is 1. The highest BCUT2D eigenvalue weighted by Crippen LogP contribution is 2.17. The predicted octanol–water partition coefficient (Wildman–Crippen LogP) is 2.00. The third-order valence-electron chi connectivity index (χ3n) is 3.01. The molecule has 0 unspecified atom stereocenters. The molecule has 0 spiro atoms. The number of hydrogen-bond donors (Lipinski definition) is 2. The molecule has 1 atom stereocenters. The summed E-state index contributed by atoms with van der Waals surface area (Å²) in [6, 6.07) is 4.87. The number of benzene rings is 1. The maximum absolute atomic E-state index is 13.1. The molecule has 98 valence electrons. The van der Waals surface area contributed by atoms with Gasteiger partial charge in [-0.2, -0.15) is 0 Å². The van der Waals surface area contributed by atoms with Crippen LogP contribution in [0.1, 0.15) is 18.4 Å². The van der Waals surface area contributed by atoms with E-state index in [-0.39, 0.29) is 24.2 Å². The lowest BCUT2D eigenvalue weighted by molar-refractivity contribution is -0.121. The monoisotopic (exact) mass is 314 g/mol. The SMILES string of the molecule is O=C(Cc1ccc(F)c(Br)c1)N[C@H]1CCCNC1. The van der Waals surface area contributed by atoms with Crippen molar-refractivity contribution in [2.24, 2.45) is 0 Å². The summed E-state index contributed by atoms with van der Waals surface area (Å²) in [5.74, 6) is -0.321. The van der Waals surface area contributed by atoms with Gasteiger partial charge in [-0.05, 0) is 53.0 Å². The van der Waals surface area contributed by atoms with Gasteiger partial charge < -0.3 is 10.6 Å². The molecule has 3 nitrogen and oxygen atoms in total. The summed E-state index contributed by atoms with van der Waals surface area (Å²) < 4.78 is 13.4. The maximum atomic E-state index is 13.1. The van der Waals surface area contributed by atoms with Gasteiger partial charge in [0.25, 0.3) is 0 Å². The molecule has 0 saturated carbocycles. The van der Waals surface area contributed by atoms with Gasteiger partial charge in [-0.15, -0.1) is 0 Å². The van der Waals surface area contributed by atoms with E-state index in [9.17, 15) is 9.18 Å². The first-order chi connectivity index (χ1) is 8.65. The molecular formula is C13H16BrFN2O. The van der Waals surface area contributed by atoms with E-state index < -0.39 is 0 Å². The minimum Gasteiger partial charge on any atom is -0.352 e. The Kier molecular flexibility index (Phi) is 4.72. The van der Waals surface area contributed by atoms with Crippen LogP contribution in [0.4, 0.5) is 4.39 Å². The van der Waals surface area contributed by atoms with E-state index >= 15 is 0 Å². The highest BCUT2D eigenvalue weighted by molar-refractivity contribution is 9.10. The number of rotatable bonds is 3. The Bertz CT molecular complexity index is 433. The number of piperidine rings is 1. The van der Waals surface area contributed by atoms with Crippen LogP contribution in [-0.2, 0) is 11.2 Å². The van der Waals surface area contributed by atoms with Crippen LogP contribution in [0, 0.1) is 5.82 Å². The molecule has 1 heterocycles. The van der Waals surface area contributed by atoms with E-state index in [2.05, 4.69) is 26.6 Å². The molecule has 1 saturated heterocycles. The third-order valence-corrected chi connectivity index (χ3v) is 3.62. The Balaban J connectivity index is 1.88. The van der Waals surface area contributed by atoms with Crippen molar-refractivity contribution >= 4 is 21.8 Å². The zero-order chi connectivity index (χ0) is 13.0. The van der Waals surface area contributed by atoms with Gasteiger partial charge in [0.15, 0.2) is 0 Å².